The Hall–Kier alpha value is -4.71. The van der Waals surface area contributed by atoms with E-state index in [9.17, 15) is 44.4 Å². The van der Waals surface area contributed by atoms with Crippen molar-refractivity contribution in [1.29, 1.82) is 0 Å². The third kappa shape index (κ3) is 22.7. The highest BCUT2D eigenvalue weighted by Gasteiger charge is 2.52. The Bertz CT molecular complexity index is 2690. The topological polar surface area (TPSA) is 330 Å². The van der Waals surface area contributed by atoms with Crippen molar-refractivity contribution in [3.63, 3.8) is 0 Å². The molecule has 7 fully saturated rings. The monoisotopic (exact) mass is 1330 g/mol. The second kappa shape index (κ2) is 36.9. The molecule has 7 saturated heterocycles. The lowest BCUT2D eigenvalue weighted by atomic mass is 9.84. The molecule has 9 rings (SSSR count). The summed E-state index contributed by atoms with van der Waals surface area (Å²) in [5.41, 5.74) is 9.62. The first-order valence-electron chi connectivity index (χ1n) is 35.1. The van der Waals surface area contributed by atoms with Gasteiger partial charge >= 0.3 is 0 Å². The predicted octanol–water partition coefficient (Wildman–Crippen LogP) is 4.99. The fourth-order valence-electron chi connectivity index (χ4n) is 14.5. The quantitative estimate of drug-likeness (QED) is 0.0130. The van der Waals surface area contributed by atoms with Crippen LogP contribution in [0.1, 0.15) is 168 Å². The molecule has 8 aliphatic heterocycles. The van der Waals surface area contributed by atoms with Gasteiger partial charge in [0, 0.05) is 57.5 Å². The number of hydroxylamine groups is 1. The van der Waals surface area contributed by atoms with Gasteiger partial charge in [0.2, 0.25) is 18.2 Å². The molecule has 11 N–H and O–H groups in total. The van der Waals surface area contributed by atoms with E-state index < -0.39 is 48.1 Å². The first-order chi connectivity index (χ1) is 45.5. The standard InChI is InChI=1S/C71H111N7O17/c1-8-50(79)21-22-52-24-26-62-71(95-52)32-30-55(94-62)38-51(80)41-70(87,43-90-77-71)31-29-54-37-46(5)58(91-54)25-23-53-36-45(4)47(6)60(92-53)39-56-40-61(88-7)59(93-56)15-13-34-73-69(86)89-42-48-17-19-49(20-18-48)74-67(84)57(14-12-33-72)75-68(85)66(44(2)3)76-63(81)16-10-9-11-35-78-64(82)27-28-65(78)83/h8,17-19,21-22,27-28,44-45,49,51-62,66-67,69,73-74,77,80,84,86-87H,1,5-6,9-16,20,23-26,29-43,72H2,2-4,7H3,(H,75,85)(H,76,81)/b22-21+/t45-,49?,51?,52?,53+,54+,55?,56?,57?,58+,59?,60-,61-,62?,66?,67?,69?,70+,71?/m1/s1. The SMILES string of the molecule is C=CC(=O)/C=C/C1CCC2OC3CCC2(NOC[C@](O)(CC[C@H]2CC(=C)[C@H](CC[C@H]4C[C@@H](C)C(=C)[C@@H](CC5C[C@@H](OC)C(CCCNC(O)OCC6=CCC(NC(O)C(CCCN)NC(=O)C(NC(=O)CCCCCN7C(=O)C=CC7=O)C(C)C)C=C6)O5)O4)O2)CC(O)C3)O1. The van der Waals surface area contributed by atoms with Gasteiger partial charge in [-0.3, -0.25) is 44.3 Å². The lowest BCUT2D eigenvalue weighted by molar-refractivity contribution is -0.293. The van der Waals surface area contributed by atoms with Crippen LogP contribution in [0.3, 0.4) is 0 Å². The number of unbranched alkanes of at least 4 members (excludes halogenated alkanes) is 2. The first kappa shape index (κ1) is 76.1. The molecule has 0 saturated carbocycles. The fraction of sp³-hybridized carbons (Fsp3) is 0.732. The highest BCUT2D eigenvalue weighted by molar-refractivity contribution is 6.12. The van der Waals surface area contributed by atoms with Crippen molar-refractivity contribution in [2.24, 2.45) is 17.6 Å². The summed E-state index contributed by atoms with van der Waals surface area (Å²) < 4.78 is 44.7. The molecule has 1 aliphatic carbocycles. The van der Waals surface area contributed by atoms with E-state index >= 15 is 0 Å². The van der Waals surface area contributed by atoms with Crippen LogP contribution >= 0.6 is 0 Å². The maximum absolute atomic E-state index is 13.6. The molecular weight excluding hydrogens is 1220 g/mol. The summed E-state index contributed by atoms with van der Waals surface area (Å²) in [4.78, 5) is 69.3. The molecular formula is C71H111N7O17. The van der Waals surface area contributed by atoms with Gasteiger partial charge in [0.1, 0.15) is 18.4 Å². The van der Waals surface area contributed by atoms with Gasteiger partial charge < -0.3 is 70.0 Å². The van der Waals surface area contributed by atoms with Gasteiger partial charge in [0.25, 0.3) is 11.8 Å². The second-order valence-corrected chi connectivity index (χ2v) is 28.0. The zero-order chi connectivity index (χ0) is 68.2. The van der Waals surface area contributed by atoms with E-state index in [1.807, 2.05) is 32.1 Å². The first-order valence-corrected chi connectivity index (χ1v) is 35.1. The highest BCUT2D eigenvalue weighted by atomic mass is 16.7. The van der Waals surface area contributed by atoms with Crippen LogP contribution in [-0.4, -0.2) is 204 Å². The molecule has 9 aliphatic rings. The van der Waals surface area contributed by atoms with Crippen LogP contribution < -0.4 is 32.5 Å². The third-order valence-electron chi connectivity index (χ3n) is 20.1. The minimum Gasteiger partial charge on any atom is -0.393 e. The summed E-state index contributed by atoms with van der Waals surface area (Å²) in [5.74, 6) is -1.54. The second-order valence-electron chi connectivity index (χ2n) is 28.0. The van der Waals surface area contributed by atoms with E-state index in [1.54, 1.807) is 13.2 Å². The molecule has 1 spiro atoms. The summed E-state index contributed by atoms with van der Waals surface area (Å²) in [7, 11) is 1.71. The van der Waals surface area contributed by atoms with Gasteiger partial charge in [-0.2, -0.15) is 5.48 Å². The Kier molecular flexibility index (Phi) is 29.6. The number of nitrogens with zero attached hydrogens (tertiary/aromatic N) is 1. The minimum absolute atomic E-state index is 0.00144. The number of nitrogens with two attached hydrogens (primary N) is 1. The number of carbonyl (C=O) groups is 5. The van der Waals surface area contributed by atoms with E-state index in [0.717, 1.165) is 42.4 Å². The molecule has 0 radical (unpaired) electrons. The maximum atomic E-state index is 13.6. The molecule has 24 nitrogen and oxygen atoms in total. The molecule has 19 atom stereocenters. The van der Waals surface area contributed by atoms with E-state index in [4.69, 9.17) is 43.7 Å². The van der Waals surface area contributed by atoms with Gasteiger partial charge in [-0.05, 0) is 169 Å². The molecule has 2 bridgehead atoms. The van der Waals surface area contributed by atoms with Crippen LogP contribution in [0.25, 0.3) is 0 Å². The molecule has 0 aromatic carbocycles. The largest absolute Gasteiger partial charge is 0.393 e. The van der Waals surface area contributed by atoms with Gasteiger partial charge in [-0.25, -0.2) is 0 Å². The number of imide groups is 1. The predicted molar refractivity (Wildman–Crippen MR) is 355 cm³/mol. The average Bonchev–Trinajstić information content (AvgIpc) is 1.29. The molecule has 0 aromatic heterocycles. The number of ketones is 1. The van der Waals surface area contributed by atoms with Crippen molar-refractivity contribution in [3.05, 3.63) is 85.1 Å². The van der Waals surface area contributed by atoms with E-state index in [2.05, 4.69) is 53.4 Å². The van der Waals surface area contributed by atoms with Crippen molar-refractivity contribution in [2.75, 3.05) is 40.0 Å². The van der Waals surface area contributed by atoms with Crippen molar-refractivity contribution in [3.8, 4) is 0 Å². The van der Waals surface area contributed by atoms with Crippen molar-refractivity contribution < 1.29 is 82.4 Å². The smallest absolute Gasteiger partial charge is 0.253 e. The number of ether oxygens (including phenoxy) is 7. The molecule has 532 valence electrons. The van der Waals surface area contributed by atoms with E-state index in [1.165, 1.54) is 29.2 Å². The number of amides is 4. The molecule has 8 heterocycles. The maximum Gasteiger partial charge on any atom is 0.253 e. The average molecular weight is 1330 g/mol. The van der Waals surface area contributed by atoms with Crippen LogP contribution in [0.4, 0.5) is 0 Å². The summed E-state index contributed by atoms with van der Waals surface area (Å²) in [6, 6.07) is -1.78. The van der Waals surface area contributed by atoms with Crippen molar-refractivity contribution in [2.45, 2.75) is 278 Å². The Morgan fingerprint density at radius 2 is 1.71 bits per heavy atom. The Labute approximate surface area is 561 Å². The number of rotatable bonds is 36. The molecule has 0 aromatic rings. The van der Waals surface area contributed by atoms with Crippen molar-refractivity contribution in [1.82, 2.24) is 31.6 Å². The number of carbonyl (C=O) groups excluding carboxylic acids is 5. The fourth-order valence-corrected chi connectivity index (χ4v) is 14.5. The number of allylic oxidation sites excluding steroid dienone is 2. The van der Waals surface area contributed by atoms with E-state index in [-0.39, 0.29) is 135 Å². The van der Waals surface area contributed by atoms with Crippen LogP contribution in [0.15, 0.2) is 85.1 Å². The number of aliphatic hydroxyl groups excluding tert-OH is 3. The molecule has 4 amide bonds. The summed E-state index contributed by atoms with van der Waals surface area (Å²) in [6.07, 6.45) is 21.2. The molecule has 95 heavy (non-hydrogen) atoms. The number of hydrogen-bond donors (Lipinski definition) is 10. The van der Waals surface area contributed by atoms with Crippen LogP contribution in [0.2, 0.25) is 0 Å². The zero-order valence-corrected chi connectivity index (χ0v) is 56.6. The van der Waals surface area contributed by atoms with Gasteiger partial charge in [-0.1, -0.05) is 71.2 Å². The van der Waals surface area contributed by atoms with Gasteiger partial charge in [0.15, 0.2) is 11.5 Å². The normalized spacial score (nSPS) is 33.3. The highest BCUT2D eigenvalue weighted by Crippen LogP contribution is 2.43. The third-order valence-corrected chi connectivity index (χ3v) is 20.1. The van der Waals surface area contributed by atoms with Crippen LogP contribution in [-0.2, 0) is 62.0 Å². The van der Waals surface area contributed by atoms with Crippen LogP contribution in [0, 0.1) is 11.8 Å². The summed E-state index contributed by atoms with van der Waals surface area (Å²) in [5, 5.41) is 57.5. The van der Waals surface area contributed by atoms with Gasteiger partial charge in [0.05, 0.1) is 85.9 Å². The van der Waals surface area contributed by atoms with Gasteiger partial charge in [-0.15, -0.1) is 0 Å². The Morgan fingerprint density at radius 1 is 0.916 bits per heavy atom. The lowest BCUT2D eigenvalue weighted by Crippen LogP contribution is -2.64. The number of methoxy groups -OCH3 is 1. The number of hydrogen-bond acceptors (Lipinski definition) is 21. The summed E-state index contributed by atoms with van der Waals surface area (Å²) in [6.45, 7) is 19.5. The number of aliphatic hydroxyl groups is 4. The summed E-state index contributed by atoms with van der Waals surface area (Å²) >= 11 is 0. The Balaban J connectivity index is 0.698. The molecule has 24 heteroatoms. The lowest BCUT2D eigenvalue weighted by Gasteiger charge is -2.50. The van der Waals surface area contributed by atoms with Crippen molar-refractivity contribution >= 4 is 29.4 Å². The number of nitrogens with one attached hydrogen (secondary N) is 5. The van der Waals surface area contributed by atoms with Crippen LogP contribution in [0.5, 0.6) is 0 Å². The molecule has 12 unspecified atom stereocenters. The minimum atomic E-state index is -1.35. The van der Waals surface area contributed by atoms with E-state index in [0.29, 0.717) is 122 Å². The Morgan fingerprint density at radius 3 is 2.44 bits per heavy atom. The number of fused-ring (bicyclic) bond motifs is 7. The zero-order valence-electron chi connectivity index (χ0n) is 56.6.